The number of rotatable bonds is 9. The molecule has 7 heteroatoms. The van der Waals surface area contributed by atoms with Crippen LogP contribution in [0, 0.1) is 0 Å². The lowest BCUT2D eigenvalue weighted by molar-refractivity contribution is 0.00111. The Labute approximate surface area is 196 Å². The van der Waals surface area contributed by atoms with Crippen molar-refractivity contribution in [2.24, 2.45) is 4.99 Å². The number of hydrogen-bond donors (Lipinski definition) is 3. The first-order valence-electron chi connectivity index (χ1n) is 10.3. The van der Waals surface area contributed by atoms with Gasteiger partial charge in [0.25, 0.3) is 0 Å². The minimum atomic E-state index is -0.663. The van der Waals surface area contributed by atoms with Gasteiger partial charge in [-0.2, -0.15) is 0 Å². The molecule has 6 nitrogen and oxygen atoms in total. The van der Waals surface area contributed by atoms with E-state index in [0.717, 1.165) is 24.3 Å². The number of nitrogens with one attached hydrogen (secondary N) is 2. The number of aliphatic hydroxyl groups excluding tert-OH is 1. The Balaban J connectivity index is 0.00000320. The van der Waals surface area contributed by atoms with Crippen LogP contribution in [-0.2, 0) is 11.2 Å². The molecule has 2 aromatic rings. The highest BCUT2D eigenvalue weighted by atomic mass is 127. The average molecular weight is 525 g/mol. The lowest BCUT2D eigenvalue weighted by Gasteiger charge is -2.17. The van der Waals surface area contributed by atoms with Crippen molar-refractivity contribution in [1.82, 2.24) is 10.6 Å². The van der Waals surface area contributed by atoms with Crippen LogP contribution in [0.25, 0.3) is 0 Å². The highest BCUT2D eigenvalue weighted by Gasteiger charge is 2.22. The quantitative estimate of drug-likeness (QED) is 0.266. The SMILES string of the molecule is CCNC(=NCC(O)COC(C)c1ccccc1)NCC1Cc2ccccc2O1.I. The van der Waals surface area contributed by atoms with Gasteiger partial charge < -0.3 is 25.2 Å². The smallest absolute Gasteiger partial charge is 0.191 e. The first-order valence-corrected chi connectivity index (χ1v) is 10.3. The number of aliphatic hydroxyl groups is 1. The third-order valence-electron chi connectivity index (χ3n) is 4.82. The molecule has 3 N–H and O–H groups in total. The molecule has 1 heterocycles. The molecule has 0 saturated heterocycles. The minimum Gasteiger partial charge on any atom is -0.488 e. The summed E-state index contributed by atoms with van der Waals surface area (Å²) in [4.78, 5) is 4.48. The molecule has 0 fully saturated rings. The van der Waals surface area contributed by atoms with E-state index in [2.05, 4.69) is 21.7 Å². The molecule has 2 aromatic carbocycles. The van der Waals surface area contributed by atoms with Gasteiger partial charge in [0.05, 0.1) is 31.9 Å². The monoisotopic (exact) mass is 525 g/mol. The number of halogens is 1. The summed E-state index contributed by atoms with van der Waals surface area (Å²) < 4.78 is 11.7. The molecular weight excluding hydrogens is 493 g/mol. The van der Waals surface area contributed by atoms with Crippen LogP contribution < -0.4 is 15.4 Å². The second kappa shape index (κ2) is 12.8. The van der Waals surface area contributed by atoms with Gasteiger partial charge >= 0.3 is 0 Å². The van der Waals surface area contributed by atoms with Gasteiger partial charge in [-0.15, -0.1) is 24.0 Å². The molecule has 0 saturated carbocycles. The number of aliphatic imine (C=N–C) groups is 1. The van der Waals surface area contributed by atoms with Gasteiger partial charge in [-0.05, 0) is 31.0 Å². The van der Waals surface area contributed by atoms with Crippen LogP contribution in [0.4, 0.5) is 0 Å². The van der Waals surface area contributed by atoms with Crippen LogP contribution >= 0.6 is 24.0 Å². The molecule has 0 amide bonds. The minimum absolute atomic E-state index is 0. The van der Waals surface area contributed by atoms with Crippen molar-refractivity contribution in [3.63, 3.8) is 0 Å². The van der Waals surface area contributed by atoms with Crippen LogP contribution in [0.2, 0.25) is 0 Å². The lowest BCUT2D eigenvalue weighted by atomic mass is 10.1. The second-order valence-electron chi connectivity index (χ2n) is 7.19. The number of nitrogens with zero attached hydrogens (tertiary/aromatic N) is 1. The first-order chi connectivity index (χ1) is 14.2. The molecule has 0 bridgehead atoms. The number of para-hydroxylation sites is 1. The lowest BCUT2D eigenvalue weighted by Crippen LogP contribution is -2.42. The highest BCUT2D eigenvalue weighted by Crippen LogP contribution is 2.27. The van der Waals surface area contributed by atoms with Crippen molar-refractivity contribution in [3.8, 4) is 5.75 Å². The van der Waals surface area contributed by atoms with Crippen molar-refractivity contribution in [2.75, 3.05) is 26.2 Å². The Kier molecular flexibility index (Phi) is 10.4. The zero-order valence-electron chi connectivity index (χ0n) is 17.6. The summed E-state index contributed by atoms with van der Waals surface area (Å²) in [6.07, 6.45) is 0.235. The fraction of sp³-hybridized carbons (Fsp3) is 0.435. The molecule has 0 aliphatic carbocycles. The summed E-state index contributed by atoms with van der Waals surface area (Å²) in [6.45, 7) is 5.90. The Hall–Kier alpha value is -1.84. The molecular formula is C23H32IN3O3. The summed E-state index contributed by atoms with van der Waals surface area (Å²) in [7, 11) is 0. The number of fused-ring (bicyclic) bond motifs is 1. The van der Waals surface area contributed by atoms with E-state index in [0.29, 0.717) is 12.5 Å². The third kappa shape index (κ3) is 7.45. The fourth-order valence-corrected chi connectivity index (χ4v) is 3.25. The average Bonchev–Trinajstić information content (AvgIpc) is 3.17. The Morgan fingerprint density at radius 3 is 2.63 bits per heavy atom. The number of benzene rings is 2. The molecule has 3 unspecified atom stereocenters. The molecule has 30 heavy (non-hydrogen) atoms. The Morgan fingerprint density at radius 1 is 1.17 bits per heavy atom. The van der Waals surface area contributed by atoms with Gasteiger partial charge in [0.1, 0.15) is 11.9 Å². The maximum atomic E-state index is 10.2. The Bertz CT molecular complexity index is 763. The van der Waals surface area contributed by atoms with Gasteiger partial charge in [-0.1, -0.05) is 48.5 Å². The molecule has 3 atom stereocenters. The third-order valence-corrected chi connectivity index (χ3v) is 4.82. The van der Waals surface area contributed by atoms with Gasteiger partial charge in [0.15, 0.2) is 5.96 Å². The molecule has 0 spiro atoms. The van der Waals surface area contributed by atoms with Crippen molar-refractivity contribution in [3.05, 3.63) is 65.7 Å². The van der Waals surface area contributed by atoms with Crippen molar-refractivity contribution in [1.29, 1.82) is 0 Å². The number of guanidine groups is 1. The molecule has 1 aliphatic rings. The van der Waals surface area contributed by atoms with E-state index in [1.165, 1.54) is 5.56 Å². The zero-order chi connectivity index (χ0) is 20.5. The standard InChI is InChI=1S/C23H31N3O3.HI/c1-3-24-23(26-15-21-13-19-11-7-8-12-22(19)29-21)25-14-20(27)16-28-17(2)18-9-5-4-6-10-18;/h4-12,17,20-21,27H,3,13-16H2,1-2H3,(H2,24,25,26);1H. The molecule has 3 rings (SSSR count). The Morgan fingerprint density at radius 2 is 1.90 bits per heavy atom. The predicted molar refractivity (Wildman–Crippen MR) is 131 cm³/mol. The van der Waals surface area contributed by atoms with Gasteiger partial charge in [0.2, 0.25) is 0 Å². The van der Waals surface area contributed by atoms with E-state index >= 15 is 0 Å². The molecule has 0 radical (unpaired) electrons. The van der Waals surface area contributed by atoms with Crippen LogP contribution in [0.5, 0.6) is 5.75 Å². The van der Waals surface area contributed by atoms with Gasteiger partial charge in [0, 0.05) is 13.0 Å². The summed E-state index contributed by atoms with van der Waals surface area (Å²) in [5.74, 6) is 1.63. The fourth-order valence-electron chi connectivity index (χ4n) is 3.25. The summed E-state index contributed by atoms with van der Waals surface area (Å²) in [5.41, 5.74) is 2.33. The van der Waals surface area contributed by atoms with Crippen molar-refractivity contribution in [2.45, 2.75) is 38.6 Å². The van der Waals surface area contributed by atoms with Crippen LogP contribution in [0.15, 0.2) is 59.6 Å². The highest BCUT2D eigenvalue weighted by molar-refractivity contribution is 14.0. The zero-order valence-corrected chi connectivity index (χ0v) is 19.9. The van der Waals surface area contributed by atoms with E-state index in [9.17, 15) is 5.11 Å². The largest absolute Gasteiger partial charge is 0.488 e. The number of hydrogen-bond acceptors (Lipinski definition) is 4. The predicted octanol–water partition coefficient (Wildman–Crippen LogP) is 3.30. The maximum absolute atomic E-state index is 10.2. The molecule has 0 aromatic heterocycles. The van der Waals surface area contributed by atoms with Crippen molar-refractivity contribution >= 4 is 29.9 Å². The van der Waals surface area contributed by atoms with E-state index in [4.69, 9.17) is 9.47 Å². The normalized spacial score (nSPS) is 17.3. The molecule has 1 aliphatic heterocycles. The van der Waals surface area contributed by atoms with Gasteiger partial charge in [-0.3, -0.25) is 4.99 Å². The maximum Gasteiger partial charge on any atom is 0.191 e. The van der Waals surface area contributed by atoms with E-state index < -0.39 is 6.10 Å². The van der Waals surface area contributed by atoms with E-state index in [1.807, 2.05) is 62.4 Å². The summed E-state index contributed by atoms with van der Waals surface area (Å²) >= 11 is 0. The topological polar surface area (TPSA) is 75.1 Å². The van der Waals surface area contributed by atoms with Gasteiger partial charge in [-0.25, -0.2) is 0 Å². The van der Waals surface area contributed by atoms with Crippen LogP contribution in [0.1, 0.15) is 31.1 Å². The van der Waals surface area contributed by atoms with Crippen LogP contribution in [-0.4, -0.2) is 49.5 Å². The van der Waals surface area contributed by atoms with Crippen LogP contribution in [0.3, 0.4) is 0 Å². The second-order valence-corrected chi connectivity index (χ2v) is 7.19. The molecule has 164 valence electrons. The number of ether oxygens (including phenoxy) is 2. The van der Waals surface area contributed by atoms with Crippen molar-refractivity contribution < 1.29 is 14.6 Å². The summed E-state index contributed by atoms with van der Waals surface area (Å²) in [5, 5.41) is 16.8. The first kappa shape index (κ1) is 24.4. The van der Waals surface area contributed by atoms with E-state index in [-0.39, 0.29) is 49.3 Å². The summed E-state index contributed by atoms with van der Waals surface area (Å²) in [6, 6.07) is 18.1. The van der Waals surface area contributed by atoms with E-state index in [1.54, 1.807) is 0 Å².